The maximum Gasteiger partial charge on any atom is 0.297 e. The standard InChI is InChI=1S/C34H43N5O5/c1-24(2)10-8-11-25(3)16-20-39-30-15-14-28(38-19-9-13-31(44-5)32(38)41)22-29(30)34(43,33(39)42)26(4)12-6-7-18-37-23-27(17-21-40)35-36-37/h6,9-10,12-16,19,22-23,26,40,43H,7-8,11,17-18,20-21H2,1-5H3/b12-6+,25-16+/t26-,34+/m1/s1. The topological polar surface area (TPSA) is 123 Å². The molecule has 1 amide bonds. The van der Waals surface area contributed by atoms with Crippen molar-refractivity contribution < 1.29 is 19.7 Å². The van der Waals surface area contributed by atoms with Crippen LogP contribution in [-0.4, -0.2) is 55.9 Å². The SMILES string of the molecule is COc1cccn(-c2ccc3c(c2)[C@@](O)([C@H](C)/C=C/CCn2cc(CCO)nn2)C(=O)N3C/C=C(\C)CCC=C(C)C)c1=O. The summed E-state index contributed by atoms with van der Waals surface area (Å²) in [5.41, 5.74) is 2.57. The number of aromatic nitrogens is 4. The maximum atomic E-state index is 14.0. The summed E-state index contributed by atoms with van der Waals surface area (Å²) in [5.74, 6) is -0.778. The van der Waals surface area contributed by atoms with Gasteiger partial charge >= 0.3 is 0 Å². The summed E-state index contributed by atoms with van der Waals surface area (Å²) < 4.78 is 8.38. The van der Waals surface area contributed by atoms with E-state index in [2.05, 4.69) is 37.2 Å². The van der Waals surface area contributed by atoms with Crippen LogP contribution in [0.3, 0.4) is 0 Å². The lowest BCUT2D eigenvalue weighted by molar-refractivity contribution is -0.139. The van der Waals surface area contributed by atoms with Crippen LogP contribution < -0.4 is 15.2 Å². The molecule has 2 N–H and O–H groups in total. The molecule has 10 heteroatoms. The van der Waals surface area contributed by atoms with Crippen molar-refractivity contribution in [3.8, 4) is 11.4 Å². The highest BCUT2D eigenvalue weighted by molar-refractivity contribution is 6.07. The van der Waals surface area contributed by atoms with Crippen molar-refractivity contribution in [2.45, 2.75) is 65.5 Å². The van der Waals surface area contributed by atoms with Gasteiger partial charge in [0.25, 0.3) is 11.5 Å². The van der Waals surface area contributed by atoms with Crippen LogP contribution in [0.25, 0.3) is 5.69 Å². The number of pyridine rings is 1. The first kappa shape index (κ1) is 32.6. The van der Waals surface area contributed by atoms with E-state index in [0.29, 0.717) is 42.9 Å². The Morgan fingerprint density at radius 3 is 2.66 bits per heavy atom. The number of carbonyl (C=O) groups excluding carboxylic acids is 1. The Hall–Kier alpha value is -4.28. The van der Waals surface area contributed by atoms with Crippen molar-refractivity contribution in [1.82, 2.24) is 19.6 Å². The number of aliphatic hydroxyl groups is 2. The highest BCUT2D eigenvalue weighted by atomic mass is 16.5. The molecular weight excluding hydrogens is 558 g/mol. The molecule has 0 fully saturated rings. The number of allylic oxidation sites excluding steroid dienone is 4. The van der Waals surface area contributed by atoms with Crippen molar-refractivity contribution >= 4 is 11.6 Å². The van der Waals surface area contributed by atoms with Gasteiger partial charge in [-0.05, 0) is 70.4 Å². The van der Waals surface area contributed by atoms with Crippen molar-refractivity contribution in [2.75, 3.05) is 25.2 Å². The summed E-state index contributed by atoms with van der Waals surface area (Å²) >= 11 is 0. The molecule has 0 unspecified atom stereocenters. The fraction of sp³-hybridized carbons (Fsp3) is 0.412. The van der Waals surface area contributed by atoms with E-state index >= 15 is 0 Å². The van der Waals surface area contributed by atoms with Gasteiger partial charge < -0.3 is 19.8 Å². The summed E-state index contributed by atoms with van der Waals surface area (Å²) in [4.78, 5) is 28.7. The quantitative estimate of drug-likeness (QED) is 0.261. The number of methoxy groups -OCH3 is 1. The molecule has 10 nitrogen and oxygen atoms in total. The molecule has 1 aromatic carbocycles. The molecule has 4 rings (SSSR count). The molecule has 234 valence electrons. The van der Waals surface area contributed by atoms with Crippen LogP contribution in [0.5, 0.6) is 5.75 Å². The molecule has 44 heavy (non-hydrogen) atoms. The number of aryl methyl sites for hydroxylation is 1. The van der Waals surface area contributed by atoms with Crippen molar-refractivity contribution in [1.29, 1.82) is 0 Å². The zero-order valence-corrected chi connectivity index (χ0v) is 26.2. The Morgan fingerprint density at radius 2 is 1.93 bits per heavy atom. The van der Waals surface area contributed by atoms with Gasteiger partial charge in [0.05, 0.1) is 18.5 Å². The van der Waals surface area contributed by atoms with Gasteiger partial charge in [0.1, 0.15) is 0 Å². The number of nitrogens with zero attached hydrogens (tertiary/aromatic N) is 5. The van der Waals surface area contributed by atoms with Crippen LogP contribution in [0, 0.1) is 5.92 Å². The number of carbonyl (C=O) groups is 1. The second-order valence-corrected chi connectivity index (χ2v) is 11.5. The molecule has 0 spiro atoms. The van der Waals surface area contributed by atoms with Gasteiger partial charge in [0, 0.05) is 55.7 Å². The molecule has 0 bridgehead atoms. The number of rotatable bonds is 14. The number of hydrogen-bond acceptors (Lipinski definition) is 7. The highest BCUT2D eigenvalue weighted by Crippen LogP contribution is 2.46. The van der Waals surface area contributed by atoms with Crippen LogP contribution in [0.2, 0.25) is 0 Å². The molecule has 1 aliphatic heterocycles. The minimum absolute atomic E-state index is 0.0145. The number of fused-ring (bicyclic) bond motifs is 1. The predicted molar refractivity (Wildman–Crippen MR) is 171 cm³/mol. The third-order valence-corrected chi connectivity index (χ3v) is 7.94. The average Bonchev–Trinajstić information content (AvgIpc) is 3.54. The Morgan fingerprint density at radius 1 is 1.14 bits per heavy atom. The predicted octanol–water partition coefficient (Wildman–Crippen LogP) is 4.48. The number of aliphatic hydroxyl groups excluding tert-OH is 1. The molecular formula is C34H43N5O5. The summed E-state index contributed by atoms with van der Waals surface area (Å²) in [6.45, 7) is 8.93. The fourth-order valence-electron chi connectivity index (χ4n) is 5.36. The van der Waals surface area contributed by atoms with Crippen molar-refractivity contribution in [3.05, 3.63) is 99.8 Å². The van der Waals surface area contributed by atoms with E-state index in [9.17, 15) is 14.7 Å². The van der Waals surface area contributed by atoms with Crippen LogP contribution >= 0.6 is 0 Å². The summed E-state index contributed by atoms with van der Waals surface area (Å²) in [6, 6.07) is 8.61. The van der Waals surface area contributed by atoms with E-state index in [4.69, 9.17) is 9.84 Å². The van der Waals surface area contributed by atoms with Gasteiger partial charge in [0.2, 0.25) is 0 Å². The number of ether oxygens (including phenoxy) is 1. The lowest BCUT2D eigenvalue weighted by Gasteiger charge is -2.27. The van der Waals surface area contributed by atoms with Gasteiger partial charge in [-0.2, -0.15) is 0 Å². The molecule has 0 radical (unpaired) electrons. The monoisotopic (exact) mass is 601 g/mol. The van der Waals surface area contributed by atoms with Gasteiger partial charge in [-0.15, -0.1) is 5.10 Å². The molecule has 2 aromatic heterocycles. The van der Waals surface area contributed by atoms with Crippen LogP contribution in [0.15, 0.2) is 83.0 Å². The minimum atomic E-state index is -1.84. The van der Waals surface area contributed by atoms with Gasteiger partial charge in [-0.3, -0.25) is 18.8 Å². The second-order valence-electron chi connectivity index (χ2n) is 11.5. The smallest absolute Gasteiger partial charge is 0.297 e. The highest BCUT2D eigenvalue weighted by Gasteiger charge is 2.52. The number of benzene rings is 1. The van der Waals surface area contributed by atoms with Gasteiger partial charge in [-0.1, -0.05) is 47.6 Å². The van der Waals surface area contributed by atoms with Crippen LogP contribution in [0.4, 0.5) is 5.69 Å². The van der Waals surface area contributed by atoms with Crippen molar-refractivity contribution in [2.24, 2.45) is 5.92 Å². The molecule has 3 heterocycles. The van der Waals surface area contributed by atoms with E-state index in [-0.39, 0.29) is 17.9 Å². The normalized spacial score (nSPS) is 17.3. The first-order valence-electron chi connectivity index (χ1n) is 15.0. The van der Waals surface area contributed by atoms with Crippen LogP contribution in [-0.2, 0) is 23.4 Å². The summed E-state index contributed by atoms with van der Waals surface area (Å²) in [5, 5.41) is 29.4. The minimum Gasteiger partial charge on any atom is -0.491 e. The number of amides is 1. The number of anilines is 1. The molecule has 0 saturated heterocycles. The third-order valence-electron chi connectivity index (χ3n) is 7.94. The van der Waals surface area contributed by atoms with Gasteiger partial charge in [-0.25, -0.2) is 0 Å². The first-order valence-corrected chi connectivity index (χ1v) is 15.0. The molecule has 2 atom stereocenters. The molecule has 1 aliphatic rings. The lowest BCUT2D eigenvalue weighted by Crippen LogP contribution is -2.44. The molecule has 3 aromatic rings. The Bertz CT molecular complexity index is 1610. The maximum absolute atomic E-state index is 14.0. The van der Waals surface area contributed by atoms with E-state index < -0.39 is 17.4 Å². The van der Waals surface area contributed by atoms with E-state index in [1.165, 1.54) is 17.3 Å². The molecule has 0 saturated carbocycles. The zero-order valence-electron chi connectivity index (χ0n) is 26.2. The Labute approximate surface area is 258 Å². The van der Waals surface area contributed by atoms with Crippen LogP contribution in [0.1, 0.15) is 58.2 Å². The van der Waals surface area contributed by atoms with Crippen molar-refractivity contribution in [3.63, 3.8) is 0 Å². The largest absolute Gasteiger partial charge is 0.491 e. The number of hydrogen-bond donors (Lipinski definition) is 2. The summed E-state index contributed by atoms with van der Waals surface area (Å²) in [7, 11) is 1.44. The van der Waals surface area contributed by atoms with E-state index in [1.54, 1.807) is 52.3 Å². The zero-order chi connectivity index (χ0) is 31.9. The fourth-order valence-corrected chi connectivity index (χ4v) is 5.36. The first-order chi connectivity index (χ1) is 21.1. The van der Waals surface area contributed by atoms with Gasteiger partial charge in [0.15, 0.2) is 11.4 Å². The summed E-state index contributed by atoms with van der Waals surface area (Å²) in [6.07, 6.45) is 14.3. The van der Waals surface area contributed by atoms with E-state index in [0.717, 1.165) is 24.1 Å². The Balaban J connectivity index is 1.64. The lowest BCUT2D eigenvalue weighted by atomic mass is 9.82. The second kappa shape index (κ2) is 14.5. The molecule has 0 aliphatic carbocycles. The third kappa shape index (κ3) is 7.09. The average molecular weight is 602 g/mol. The Kier molecular flexibility index (Phi) is 10.7. The van der Waals surface area contributed by atoms with E-state index in [1.807, 2.05) is 25.2 Å².